The van der Waals surface area contributed by atoms with E-state index in [0.717, 1.165) is 60.4 Å². The van der Waals surface area contributed by atoms with E-state index in [-0.39, 0.29) is 11.5 Å². The Labute approximate surface area is 186 Å². The summed E-state index contributed by atoms with van der Waals surface area (Å²) in [6, 6.07) is 8.30. The highest BCUT2D eigenvalue weighted by Gasteiger charge is 2.42. The number of hydrogen-bond acceptors (Lipinski definition) is 6. The van der Waals surface area contributed by atoms with Gasteiger partial charge in [-0.3, -0.25) is 19.5 Å². The molecule has 5 rings (SSSR count). The van der Waals surface area contributed by atoms with Gasteiger partial charge in [0.2, 0.25) is 0 Å². The van der Waals surface area contributed by atoms with E-state index in [0.29, 0.717) is 24.1 Å². The zero-order valence-corrected chi connectivity index (χ0v) is 18.5. The van der Waals surface area contributed by atoms with E-state index in [1.807, 2.05) is 25.3 Å². The average Bonchev–Trinajstić information content (AvgIpc) is 2.81. The molecular weight excluding hydrogens is 404 g/mol. The van der Waals surface area contributed by atoms with Crippen molar-refractivity contribution in [3.63, 3.8) is 0 Å². The number of likely N-dealkylation sites (tertiary alicyclic amines) is 1. The number of carbonyl (C=O) groups is 1. The second kappa shape index (κ2) is 8.35. The molecule has 0 bridgehead atoms. The predicted octanol–water partition coefficient (Wildman–Crippen LogP) is 1.95. The summed E-state index contributed by atoms with van der Waals surface area (Å²) in [6.07, 6.45) is 5.53. The summed E-state index contributed by atoms with van der Waals surface area (Å²) >= 11 is 0. The normalized spacial score (nSPS) is 20.6. The Balaban J connectivity index is 1.22. The molecule has 0 radical (unpaired) electrons. The van der Waals surface area contributed by atoms with E-state index >= 15 is 0 Å². The first-order valence-corrected chi connectivity index (χ1v) is 11.2. The van der Waals surface area contributed by atoms with Crippen LogP contribution in [0.4, 0.5) is 5.69 Å². The Kier molecular flexibility index (Phi) is 5.38. The summed E-state index contributed by atoms with van der Waals surface area (Å²) < 4.78 is 0. The SMILES string of the molecule is CCc1cc2ncc(CN3CC4CN(c5ccc(C(=O)NC)nc5)CCC43)cc2[nH]c1=O. The third kappa shape index (κ3) is 3.75. The van der Waals surface area contributed by atoms with E-state index in [4.69, 9.17) is 0 Å². The first-order chi connectivity index (χ1) is 15.6. The van der Waals surface area contributed by atoms with Gasteiger partial charge in [-0.25, -0.2) is 4.98 Å². The van der Waals surface area contributed by atoms with Crippen LogP contribution in [0, 0.1) is 5.92 Å². The topological polar surface area (TPSA) is 94.2 Å². The number of hydrogen-bond donors (Lipinski definition) is 2. The quantitative estimate of drug-likeness (QED) is 0.640. The van der Waals surface area contributed by atoms with Gasteiger partial charge in [-0.15, -0.1) is 0 Å². The van der Waals surface area contributed by atoms with Crippen molar-refractivity contribution in [1.29, 1.82) is 0 Å². The molecule has 2 aliphatic rings. The second-order valence-electron chi connectivity index (χ2n) is 8.73. The summed E-state index contributed by atoms with van der Waals surface area (Å²) in [6.45, 7) is 5.86. The minimum absolute atomic E-state index is 0.0202. The fourth-order valence-electron chi connectivity index (χ4n) is 4.98. The third-order valence-corrected chi connectivity index (χ3v) is 6.80. The van der Waals surface area contributed by atoms with E-state index in [9.17, 15) is 9.59 Å². The highest BCUT2D eigenvalue weighted by molar-refractivity contribution is 5.92. The number of aromatic nitrogens is 3. The number of nitrogens with one attached hydrogen (secondary N) is 2. The van der Waals surface area contributed by atoms with Crippen LogP contribution in [0.1, 0.15) is 35.0 Å². The molecule has 2 fully saturated rings. The molecule has 2 aliphatic heterocycles. The first kappa shape index (κ1) is 20.6. The monoisotopic (exact) mass is 432 g/mol. The Morgan fingerprint density at radius 3 is 2.81 bits per heavy atom. The van der Waals surface area contributed by atoms with Gasteiger partial charge in [0, 0.05) is 56.9 Å². The highest BCUT2D eigenvalue weighted by atomic mass is 16.1. The van der Waals surface area contributed by atoms with Crippen molar-refractivity contribution in [2.75, 3.05) is 31.6 Å². The van der Waals surface area contributed by atoms with Crippen LogP contribution in [0.5, 0.6) is 0 Å². The van der Waals surface area contributed by atoms with Crippen molar-refractivity contribution in [2.24, 2.45) is 5.92 Å². The van der Waals surface area contributed by atoms with Gasteiger partial charge < -0.3 is 15.2 Å². The molecule has 166 valence electrons. The summed E-state index contributed by atoms with van der Waals surface area (Å²) in [7, 11) is 1.61. The lowest BCUT2D eigenvalue weighted by molar-refractivity contribution is -0.00490. The molecule has 2 saturated heterocycles. The van der Waals surface area contributed by atoms with Gasteiger partial charge in [-0.05, 0) is 42.7 Å². The number of nitrogens with zero attached hydrogens (tertiary/aromatic N) is 4. The number of rotatable bonds is 5. The number of pyridine rings is 3. The van der Waals surface area contributed by atoms with Crippen LogP contribution in [-0.2, 0) is 13.0 Å². The van der Waals surface area contributed by atoms with Gasteiger partial charge in [0.15, 0.2) is 0 Å². The number of piperidine rings is 1. The fraction of sp³-hybridized carbons (Fsp3) is 0.417. The van der Waals surface area contributed by atoms with Crippen LogP contribution in [0.2, 0.25) is 0 Å². The van der Waals surface area contributed by atoms with E-state index in [1.54, 1.807) is 19.3 Å². The lowest BCUT2D eigenvalue weighted by Crippen LogP contribution is -2.63. The molecule has 3 aromatic rings. The predicted molar refractivity (Wildman–Crippen MR) is 124 cm³/mol. The molecule has 1 amide bonds. The Bertz CT molecular complexity index is 1210. The summed E-state index contributed by atoms with van der Waals surface area (Å²) in [5.41, 5.74) is 5.05. The summed E-state index contributed by atoms with van der Waals surface area (Å²) in [5.74, 6) is 0.464. The molecule has 2 unspecified atom stereocenters. The third-order valence-electron chi connectivity index (χ3n) is 6.80. The first-order valence-electron chi connectivity index (χ1n) is 11.2. The van der Waals surface area contributed by atoms with Gasteiger partial charge in [-0.1, -0.05) is 6.92 Å². The number of aromatic amines is 1. The molecule has 0 spiro atoms. The second-order valence-corrected chi connectivity index (χ2v) is 8.73. The molecule has 0 saturated carbocycles. The Morgan fingerprint density at radius 2 is 2.09 bits per heavy atom. The molecule has 2 atom stereocenters. The highest BCUT2D eigenvalue weighted by Crippen LogP contribution is 2.35. The molecule has 8 nitrogen and oxygen atoms in total. The minimum Gasteiger partial charge on any atom is -0.370 e. The van der Waals surface area contributed by atoms with Gasteiger partial charge >= 0.3 is 0 Å². The molecular formula is C24H28N6O2. The van der Waals surface area contributed by atoms with E-state index < -0.39 is 0 Å². The largest absolute Gasteiger partial charge is 0.370 e. The van der Waals surface area contributed by atoms with Crippen LogP contribution in [0.3, 0.4) is 0 Å². The Morgan fingerprint density at radius 1 is 1.22 bits per heavy atom. The summed E-state index contributed by atoms with van der Waals surface area (Å²) in [5, 5.41) is 2.60. The molecule has 5 heterocycles. The number of fused-ring (bicyclic) bond motifs is 2. The minimum atomic E-state index is -0.164. The van der Waals surface area contributed by atoms with Gasteiger partial charge in [-0.2, -0.15) is 0 Å². The number of carbonyl (C=O) groups excluding carboxylic acids is 1. The number of H-pyrrole nitrogens is 1. The standard InChI is InChI=1S/C24H28N6O2/c1-3-16-9-20-21(28-23(16)31)8-15(10-26-20)12-30-14-17-13-29(7-6-22(17)30)18-4-5-19(27-11-18)24(32)25-2/h4-5,8-11,17,22H,3,6-7,12-14H2,1-2H3,(H,25,32)(H,28,31). The maximum absolute atomic E-state index is 12.1. The Hall–Kier alpha value is -3.26. The zero-order chi connectivity index (χ0) is 22.2. The summed E-state index contributed by atoms with van der Waals surface area (Å²) in [4.78, 5) is 40.6. The van der Waals surface area contributed by atoms with Gasteiger partial charge in [0.25, 0.3) is 11.5 Å². The molecule has 0 aromatic carbocycles. The van der Waals surface area contributed by atoms with Crippen molar-refractivity contribution < 1.29 is 4.79 Å². The lowest BCUT2D eigenvalue weighted by atomic mass is 9.82. The number of anilines is 1. The van der Waals surface area contributed by atoms with Crippen LogP contribution < -0.4 is 15.8 Å². The number of amides is 1. The van der Waals surface area contributed by atoms with E-state index in [1.165, 1.54) is 0 Å². The van der Waals surface area contributed by atoms with Crippen LogP contribution >= 0.6 is 0 Å². The molecule has 2 N–H and O–H groups in total. The molecule has 8 heteroatoms. The molecule has 0 aliphatic carbocycles. The maximum atomic E-state index is 12.1. The smallest absolute Gasteiger partial charge is 0.269 e. The van der Waals surface area contributed by atoms with Crippen molar-refractivity contribution in [3.8, 4) is 0 Å². The van der Waals surface area contributed by atoms with Crippen molar-refractivity contribution in [1.82, 2.24) is 25.2 Å². The van der Waals surface area contributed by atoms with Crippen LogP contribution in [0.15, 0.2) is 41.5 Å². The lowest BCUT2D eigenvalue weighted by Gasteiger charge is -2.54. The van der Waals surface area contributed by atoms with Gasteiger partial charge in [0.05, 0.1) is 22.9 Å². The molecule has 32 heavy (non-hydrogen) atoms. The maximum Gasteiger partial charge on any atom is 0.269 e. The van der Waals surface area contributed by atoms with Crippen molar-refractivity contribution >= 4 is 22.6 Å². The van der Waals surface area contributed by atoms with Crippen molar-refractivity contribution in [2.45, 2.75) is 32.4 Å². The molecule has 3 aromatic heterocycles. The average molecular weight is 433 g/mol. The zero-order valence-electron chi connectivity index (χ0n) is 18.5. The number of aryl methyl sites for hydroxylation is 1. The van der Waals surface area contributed by atoms with Crippen LogP contribution in [0.25, 0.3) is 11.0 Å². The van der Waals surface area contributed by atoms with Gasteiger partial charge in [0.1, 0.15) is 5.69 Å². The van der Waals surface area contributed by atoms with E-state index in [2.05, 4.69) is 36.1 Å². The fourth-order valence-corrected chi connectivity index (χ4v) is 4.98. The van der Waals surface area contributed by atoms with Crippen LogP contribution in [-0.4, -0.2) is 58.5 Å². The van der Waals surface area contributed by atoms with Crippen molar-refractivity contribution in [3.05, 3.63) is 63.8 Å².